The van der Waals surface area contributed by atoms with Crippen molar-refractivity contribution in [1.82, 2.24) is 15.2 Å². The molecule has 4 rings (SSSR count). The molecule has 0 aliphatic carbocycles. The Morgan fingerprint density at radius 2 is 1.74 bits per heavy atom. The maximum absolute atomic E-state index is 13.8. The largest absolute Gasteiger partial charge is 0.379 e. The quantitative estimate of drug-likeness (QED) is 0.263. The fourth-order valence-corrected chi connectivity index (χ4v) is 5.66. The molecule has 1 fully saturated rings. The molecule has 3 aromatic rings. The highest BCUT2D eigenvalue weighted by atomic mass is 16.5. The maximum atomic E-state index is 13.8. The molecule has 0 spiro atoms. The summed E-state index contributed by atoms with van der Waals surface area (Å²) in [5.41, 5.74) is 6.86. The number of carbonyl (C=O) groups is 1. The van der Waals surface area contributed by atoms with Crippen LogP contribution < -0.4 is 15.8 Å². The Balaban J connectivity index is 1.71. The molecule has 3 N–H and O–H groups in total. The Kier molecular flexibility index (Phi) is 10.5. The summed E-state index contributed by atoms with van der Waals surface area (Å²) in [5, 5.41) is 14.5. The van der Waals surface area contributed by atoms with Gasteiger partial charge in [0.05, 0.1) is 13.2 Å². The Hall–Kier alpha value is -3.46. The molecule has 8 nitrogen and oxygen atoms in total. The molecular formula is C35H48N4O4. The number of aliphatic hydroxyl groups excluding tert-OH is 1. The molecule has 8 heteroatoms. The molecule has 1 atom stereocenters. The number of benzene rings is 2. The van der Waals surface area contributed by atoms with Crippen molar-refractivity contribution in [2.75, 3.05) is 37.7 Å². The van der Waals surface area contributed by atoms with Gasteiger partial charge in [0.2, 0.25) is 0 Å². The molecule has 43 heavy (non-hydrogen) atoms. The predicted molar refractivity (Wildman–Crippen MR) is 174 cm³/mol. The zero-order chi connectivity index (χ0) is 31.3. The monoisotopic (exact) mass is 588 g/mol. The number of hydrogen-bond donors (Lipinski definition) is 3. The number of hydrogen-bond acceptors (Lipinski definition) is 6. The van der Waals surface area contributed by atoms with Crippen LogP contribution >= 0.6 is 0 Å². The van der Waals surface area contributed by atoms with Crippen molar-refractivity contribution in [2.24, 2.45) is 5.41 Å². The molecule has 0 saturated carbocycles. The number of amides is 1. The van der Waals surface area contributed by atoms with Crippen LogP contribution in [0, 0.1) is 26.2 Å². The van der Waals surface area contributed by atoms with E-state index in [1.165, 1.54) is 5.56 Å². The highest BCUT2D eigenvalue weighted by Crippen LogP contribution is 2.36. The van der Waals surface area contributed by atoms with Gasteiger partial charge in [-0.1, -0.05) is 45.0 Å². The van der Waals surface area contributed by atoms with E-state index in [2.05, 4.69) is 66.3 Å². The second kappa shape index (κ2) is 13.9. The van der Waals surface area contributed by atoms with Gasteiger partial charge in [-0.25, -0.2) is 0 Å². The van der Waals surface area contributed by atoms with Gasteiger partial charge in [-0.3, -0.25) is 14.5 Å². The third-order valence-electron chi connectivity index (χ3n) is 8.90. The van der Waals surface area contributed by atoms with E-state index >= 15 is 0 Å². The smallest absolute Gasteiger partial charge is 0.253 e. The minimum absolute atomic E-state index is 0.124. The molecule has 1 saturated heterocycles. The number of ether oxygens (including phenoxy) is 1. The van der Waals surface area contributed by atoms with Crippen LogP contribution in [-0.2, 0) is 17.8 Å². The molecule has 0 radical (unpaired) electrons. The summed E-state index contributed by atoms with van der Waals surface area (Å²) in [6.45, 7) is 18.8. The van der Waals surface area contributed by atoms with E-state index in [0.717, 1.165) is 72.9 Å². The van der Waals surface area contributed by atoms with Gasteiger partial charge in [-0.15, -0.1) is 0 Å². The van der Waals surface area contributed by atoms with Gasteiger partial charge in [0, 0.05) is 60.6 Å². The van der Waals surface area contributed by atoms with E-state index in [-0.39, 0.29) is 23.4 Å². The molecule has 2 aromatic carbocycles. The number of aryl methyl sites for hydroxylation is 2. The van der Waals surface area contributed by atoms with Gasteiger partial charge in [-0.05, 0) is 80.1 Å². The number of carbonyl (C=O) groups excluding carboxylic acids is 1. The summed E-state index contributed by atoms with van der Waals surface area (Å²) >= 11 is 0. The van der Waals surface area contributed by atoms with Crippen LogP contribution in [-0.4, -0.2) is 60.0 Å². The first-order valence-electron chi connectivity index (χ1n) is 15.4. The van der Waals surface area contributed by atoms with Crippen LogP contribution in [0.15, 0.2) is 47.3 Å². The van der Waals surface area contributed by atoms with Crippen molar-refractivity contribution in [3.63, 3.8) is 0 Å². The lowest BCUT2D eigenvalue weighted by atomic mass is 9.86. The number of aromatic amines is 1. The van der Waals surface area contributed by atoms with Crippen molar-refractivity contribution >= 4 is 11.6 Å². The lowest BCUT2D eigenvalue weighted by Crippen LogP contribution is -2.45. The SMILES string of the molecule is CCN(c1cc(-c2ccc(CN3CCOCC3)cc2)cc(C(=O)NCc2c(C)cc(C)[nH]c2=O)c1C)C(O)C(C)(C)CC. The molecule has 232 valence electrons. The number of nitrogens with zero attached hydrogens (tertiary/aromatic N) is 2. The van der Waals surface area contributed by atoms with E-state index in [1.807, 2.05) is 44.7 Å². The van der Waals surface area contributed by atoms with Gasteiger partial charge in [0.15, 0.2) is 0 Å². The number of morpholine rings is 1. The summed E-state index contributed by atoms with van der Waals surface area (Å²) in [6.07, 6.45) is 0.0586. The number of rotatable bonds is 11. The molecule has 1 amide bonds. The van der Waals surface area contributed by atoms with E-state index in [4.69, 9.17) is 4.74 Å². The first-order chi connectivity index (χ1) is 20.4. The number of H-pyrrole nitrogens is 1. The molecular weight excluding hydrogens is 540 g/mol. The van der Waals surface area contributed by atoms with Crippen LogP contribution in [0.2, 0.25) is 0 Å². The van der Waals surface area contributed by atoms with Crippen LogP contribution in [0.25, 0.3) is 11.1 Å². The van der Waals surface area contributed by atoms with Crippen LogP contribution in [0.3, 0.4) is 0 Å². The minimum atomic E-state index is -0.739. The van der Waals surface area contributed by atoms with Crippen molar-refractivity contribution in [2.45, 2.75) is 74.2 Å². The predicted octanol–water partition coefficient (Wildman–Crippen LogP) is 5.31. The van der Waals surface area contributed by atoms with Crippen molar-refractivity contribution < 1.29 is 14.6 Å². The summed E-state index contributed by atoms with van der Waals surface area (Å²) in [4.78, 5) is 33.6. The van der Waals surface area contributed by atoms with E-state index in [0.29, 0.717) is 17.7 Å². The standard InChI is InChI=1S/C35H48N4O4/c1-8-35(6,7)34(42)39(9-2)31-20-28(27-12-10-26(11-13-27)22-38-14-16-43-17-15-38)19-29(25(31)5)32(40)36-21-30-23(3)18-24(4)37-33(30)41/h10-13,18-20,34,42H,8-9,14-17,21-22H2,1-7H3,(H,36,40)(H,37,41). The molecule has 1 aliphatic rings. The van der Waals surface area contributed by atoms with E-state index in [1.54, 1.807) is 0 Å². The zero-order valence-electron chi connectivity index (χ0n) is 26.8. The number of anilines is 1. The number of nitrogens with one attached hydrogen (secondary N) is 2. The summed E-state index contributed by atoms with van der Waals surface area (Å²) in [7, 11) is 0. The topological polar surface area (TPSA) is 97.9 Å². The number of aliphatic hydroxyl groups is 1. The Labute approximate surface area is 256 Å². The van der Waals surface area contributed by atoms with Gasteiger partial charge < -0.3 is 25.0 Å². The summed E-state index contributed by atoms with van der Waals surface area (Å²) in [5.74, 6) is -0.260. The van der Waals surface area contributed by atoms with E-state index in [9.17, 15) is 14.7 Å². The van der Waals surface area contributed by atoms with Gasteiger partial charge in [-0.2, -0.15) is 0 Å². The molecule has 1 aromatic heterocycles. The van der Waals surface area contributed by atoms with Gasteiger partial charge >= 0.3 is 0 Å². The normalized spacial score (nSPS) is 14.9. The minimum Gasteiger partial charge on any atom is -0.379 e. The molecule has 2 heterocycles. The highest BCUT2D eigenvalue weighted by molar-refractivity contribution is 5.99. The average Bonchev–Trinajstić information content (AvgIpc) is 2.98. The summed E-state index contributed by atoms with van der Waals surface area (Å²) < 4.78 is 5.48. The molecule has 1 aliphatic heterocycles. The lowest BCUT2D eigenvalue weighted by molar-refractivity contribution is 0.0342. The van der Waals surface area contributed by atoms with Crippen LogP contribution in [0.4, 0.5) is 5.69 Å². The fraction of sp³-hybridized carbons (Fsp3) is 0.486. The van der Waals surface area contributed by atoms with Crippen molar-refractivity contribution in [3.05, 3.63) is 86.3 Å². The summed E-state index contributed by atoms with van der Waals surface area (Å²) in [6, 6.07) is 14.4. The second-order valence-corrected chi connectivity index (χ2v) is 12.4. The van der Waals surface area contributed by atoms with Crippen molar-refractivity contribution in [1.29, 1.82) is 0 Å². The van der Waals surface area contributed by atoms with Crippen LogP contribution in [0.5, 0.6) is 0 Å². The Morgan fingerprint density at radius 3 is 2.35 bits per heavy atom. The second-order valence-electron chi connectivity index (χ2n) is 12.4. The first kappa shape index (κ1) is 32.5. The average molecular weight is 589 g/mol. The van der Waals surface area contributed by atoms with Crippen molar-refractivity contribution in [3.8, 4) is 11.1 Å². The van der Waals surface area contributed by atoms with E-state index < -0.39 is 6.23 Å². The zero-order valence-corrected chi connectivity index (χ0v) is 26.8. The lowest BCUT2D eigenvalue weighted by Gasteiger charge is -2.40. The fourth-order valence-electron chi connectivity index (χ4n) is 5.66. The third-order valence-corrected chi connectivity index (χ3v) is 8.90. The first-order valence-corrected chi connectivity index (χ1v) is 15.4. The Morgan fingerprint density at radius 1 is 1.07 bits per heavy atom. The number of aromatic nitrogens is 1. The molecule has 0 bridgehead atoms. The maximum Gasteiger partial charge on any atom is 0.253 e. The highest BCUT2D eigenvalue weighted by Gasteiger charge is 2.32. The van der Waals surface area contributed by atoms with Gasteiger partial charge in [0.25, 0.3) is 11.5 Å². The third kappa shape index (κ3) is 7.55. The van der Waals surface area contributed by atoms with Crippen LogP contribution in [0.1, 0.15) is 72.4 Å². The Bertz CT molecular complexity index is 1470. The van der Waals surface area contributed by atoms with Gasteiger partial charge in [0.1, 0.15) is 6.23 Å². The molecule has 1 unspecified atom stereocenters. The number of pyridine rings is 1.